The molecule has 1 fully saturated rings. The van der Waals surface area contributed by atoms with Gasteiger partial charge >= 0.3 is 0 Å². The SMILES string of the molecule is COc1cc(N2CCC(Nc3ncc4c(n3)N(C)CC(C)O4)CC2)ccn1. The van der Waals surface area contributed by atoms with Crippen LogP contribution in [-0.2, 0) is 0 Å². The second-order valence-electron chi connectivity index (χ2n) is 7.15. The molecular weight excluding hydrogens is 344 g/mol. The Kier molecular flexibility index (Phi) is 4.87. The summed E-state index contributed by atoms with van der Waals surface area (Å²) in [7, 11) is 3.68. The molecule has 0 amide bonds. The van der Waals surface area contributed by atoms with Crippen molar-refractivity contribution in [3.63, 3.8) is 0 Å². The van der Waals surface area contributed by atoms with Gasteiger partial charge in [0, 0.05) is 44.1 Å². The molecule has 0 radical (unpaired) electrons. The molecule has 2 aliphatic heterocycles. The molecule has 0 bridgehead atoms. The molecule has 0 spiro atoms. The molecule has 1 N–H and O–H groups in total. The standard InChI is InChI=1S/C19H26N6O2/c1-13-12-24(2)18-16(27-13)11-21-19(23-18)22-14-5-8-25(9-6-14)15-4-7-20-17(10-15)26-3/h4,7,10-11,13-14H,5-6,8-9,12H2,1-3H3,(H,21,22,23). The number of likely N-dealkylation sites (N-methyl/N-ethyl adjacent to an activating group) is 1. The van der Waals surface area contributed by atoms with E-state index in [0.29, 0.717) is 17.9 Å². The zero-order chi connectivity index (χ0) is 18.8. The summed E-state index contributed by atoms with van der Waals surface area (Å²) in [6.07, 6.45) is 5.76. The van der Waals surface area contributed by atoms with Crippen LogP contribution in [0.4, 0.5) is 17.5 Å². The maximum atomic E-state index is 5.81. The predicted octanol–water partition coefficient (Wildman–Crippen LogP) is 2.18. The third kappa shape index (κ3) is 3.84. The van der Waals surface area contributed by atoms with Gasteiger partial charge in [0.2, 0.25) is 11.8 Å². The Balaban J connectivity index is 1.37. The molecule has 4 heterocycles. The number of rotatable bonds is 4. The first kappa shape index (κ1) is 17.6. The molecule has 144 valence electrons. The van der Waals surface area contributed by atoms with Crippen LogP contribution in [-0.4, -0.2) is 60.9 Å². The summed E-state index contributed by atoms with van der Waals surface area (Å²) in [5, 5.41) is 3.49. The van der Waals surface area contributed by atoms with Gasteiger partial charge in [-0.05, 0) is 25.8 Å². The lowest BCUT2D eigenvalue weighted by Crippen LogP contribution is -2.40. The first-order valence-electron chi connectivity index (χ1n) is 9.38. The van der Waals surface area contributed by atoms with E-state index in [-0.39, 0.29) is 6.10 Å². The van der Waals surface area contributed by atoms with Crippen LogP contribution < -0.4 is 24.6 Å². The normalized spacial score (nSPS) is 20.0. The molecule has 8 nitrogen and oxygen atoms in total. The molecule has 1 unspecified atom stereocenters. The number of methoxy groups -OCH3 is 1. The van der Waals surface area contributed by atoms with Gasteiger partial charge < -0.3 is 24.6 Å². The lowest BCUT2D eigenvalue weighted by molar-refractivity contribution is 0.213. The lowest BCUT2D eigenvalue weighted by atomic mass is 10.0. The maximum absolute atomic E-state index is 5.81. The number of piperidine rings is 1. The molecule has 1 atom stereocenters. The van der Waals surface area contributed by atoms with Gasteiger partial charge in [-0.3, -0.25) is 0 Å². The number of ether oxygens (including phenoxy) is 2. The average molecular weight is 370 g/mol. The molecule has 2 aromatic heterocycles. The fourth-order valence-electron chi connectivity index (χ4n) is 3.69. The van der Waals surface area contributed by atoms with Crippen molar-refractivity contribution in [1.82, 2.24) is 15.0 Å². The molecular formula is C19H26N6O2. The Morgan fingerprint density at radius 3 is 2.85 bits per heavy atom. The maximum Gasteiger partial charge on any atom is 0.225 e. The van der Waals surface area contributed by atoms with Gasteiger partial charge in [-0.2, -0.15) is 4.98 Å². The fourth-order valence-corrected chi connectivity index (χ4v) is 3.69. The Morgan fingerprint density at radius 2 is 2.07 bits per heavy atom. The van der Waals surface area contributed by atoms with Crippen molar-refractivity contribution in [3.05, 3.63) is 24.5 Å². The van der Waals surface area contributed by atoms with E-state index in [4.69, 9.17) is 9.47 Å². The van der Waals surface area contributed by atoms with Crippen molar-refractivity contribution in [1.29, 1.82) is 0 Å². The third-order valence-corrected chi connectivity index (χ3v) is 5.08. The van der Waals surface area contributed by atoms with Crippen LogP contribution in [0.1, 0.15) is 19.8 Å². The number of fused-ring (bicyclic) bond motifs is 1. The van der Waals surface area contributed by atoms with Crippen LogP contribution >= 0.6 is 0 Å². The quantitative estimate of drug-likeness (QED) is 0.878. The van der Waals surface area contributed by atoms with E-state index < -0.39 is 0 Å². The van der Waals surface area contributed by atoms with Gasteiger partial charge in [0.25, 0.3) is 0 Å². The van der Waals surface area contributed by atoms with E-state index in [1.54, 1.807) is 19.5 Å². The molecule has 0 saturated carbocycles. The van der Waals surface area contributed by atoms with E-state index in [2.05, 4.69) is 37.0 Å². The number of hydrogen-bond donors (Lipinski definition) is 1. The lowest BCUT2D eigenvalue weighted by Gasteiger charge is -2.34. The van der Waals surface area contributed by atoms with Gasteiger partial charge in [-0.25, -0.2) is 9.97 Å². The van der Waals surface area contributed by atoms with Gasteiger partial charge in [-0.15, -0.1) is 0 Å². The predicted molar refractivity (Wildman–Crippen MR) is 105 cm³/mol. The Hall–Kier alpha value is -2.77. The van der Waals surface area contributed by atoms with E-state index in [1.807, 2.05) is 19.2 Å². The molecule has 27 heavy (non-hydrogen) atoms. The van der Waals surface area contributed by atoms with Crippen molar-refractivity contribution >= 4 is 17.5 Å². The van der Waals surface area contributed by atoms with Crippen molar-refractivity contribution in [2.75, 3.05) is 48.9 Å². The van der Waals surface area contributed by atoms with Crippen LogP contribution in [0.5, 0.6) is 11.6 Å². The van der Waals surface area contributed by atoms with Crippen LogP contribution in [0, 0.1) is 0 Å². The highest BCUT2D eigenvalue weighted by Gasteiger charge is 2.24. The molecule has 1 saturated heterocycles. The van der Waals surface area contributed by atoms with Crippen molar-refractivity contribution in [2.45, 2.75) is 31.9 Å². The number of nitrogens with one attached hydrogen (secondary N) is 1. The van der Waals surface area contributed by atoms with Crippen molar-refractivity contribution in [3.8, 4) is 11.6 Å². The number of anilines is 3. The van der Waals surface area contributed by atoms with E-state index in [9.17, 15) is 0 Å². The molecule has 4 rings (SSSR count). The summed E-state index contributed by atoms with van der Waals surface area (Å²) in [6.45, 7) is 4.82. The topological polar surface area (TPSA) is 75.6 Å². The van der Waals surface area contributed by atoms with Crippen LogP contribution in [0.25, 0.3) is 0 Å². The summed E-state index contributed by atoms with van der Waals surface area (Å²) >= 11 is 0. The molecule has 0 aliphatic carbocycles. The summed E-state index contributed by atoms with van der Waals surface area (Å²) in [5.41, 5.74) is 1.15. The van der Waals surface area contributed by atoms with Gasteiger partial charge in [-0.1, -0.05) is 0 Å². The average Bonchev–Trinajstić information content (AvgIpc) is 2.69. The van der Waals surface area contributed by atoms with Gasteiger partial charge in [0.1, 0.15) is 6.10 Å². The van der Waals surface area contributed by atoms with Gasteiger partial charge in [0.05, 0.1) is 19.9 Å². The van der Waals surface area contributed by atoms with Crippen LogP contribution in [0.3, 0.4) is 0 Å². The largest absolute Gasteiger partial charge is 0.483 e. The first-order valence-corrected chi connectivity index (χ1v) is 9.38. The van der Waals surface area contributed by atoms with Crippen molar-refractivity contribution in [2.24, 2.45) is 0 Å². The smallest absolute Gasteiger partial charge is 0.225 e. The highest BCUT2D eigenvalue weighted by Crippen LogP contribution is 2.31. The zero-order valence-corrected chi connectivity index (χ0v) is 16.1. The van der Waals surface area contributed by atoms with Gasteiger partial charge in [0.15, 0.2) is 11.6 Å². The van der Waals surface area contributed by atoms with E-state index in [0.717, 1.165) is 49.7 Å². The minimum Gasteiger partial charge on any atom is -0.483 e. The molecule has 2 aromatic rings. The summed E-state index contributed by atoms with van der Waals surface area (Å²) in [4.78, 5) is 17.8. The van der Waals surface area contributed by atoms with Crippen molar-refractivity contribution < 1.29 is 9.47 Å². The Labute approximate surface area is 159 Å². The molecule has 8 heteroatoms. The second-order valence-corrected chi connectivity index (χ2v) is 7.15. The van der Waals surface area contributed by atoms with Crippen LogP contribution in [0.2, 0.25) is 0 Å². The summed E-state index contributed by atoms with van der Waals surface area (Å²) < 4.78 is 11.0. The highest BCUT2D eigenvalue weighted by atomic mass is 16.5. The van der Waals surface area contributed by atoms with E-state index >= 15 is 0 Å². The number of hydrogen-bond acceptors (Lipinski definition) is 8. The molecule has 2 aliphatic rings. The Morgan fingerprint density at radius 1 is 1.26 bits per heavy atom. The second kappa shape index (κ2) is 7.46. The minimum absolute atomic E-state index is 0.154. The molecule has 0 aromatic carbocycles. The Bertz CT molecular complexity index is 794. The zero-order valence-electron chi connectivity index (χ0n) is 16.1. The summed E-state index contributed by atoms with van der Waals surface area (Å²) in [6, 6.07) is 4.37. The monoisotopic (exact) mass is 370 g/mol. The minimum atomic E-state index is 0.154. The highest BCUT2D eigenvalue weighted by molar-refractivity contribution is 5.55. The number of aromatic nitrogens is 3. The number of pyridine rings is 1. The number of nitrogens with zero attached hydrogens (tertiary/aromatic N) is 5. The first-order chi connectivity index (χ1) is 13.1. The summed E-state index contributed by atoms with van der Waals surface area (Å²) in [5.74, 6) is 2.92. The van der Waals surface area contributed by atoms with E-state index in [1.165, 1.54) is 0 Å². The fraction of sp³-hybridized carbons (Fsp3) is 0.526. The third-order valence-electron chi connectivity index (χ3n) is 5.08. The van der Waals surface area contributed by atoms with Crippen LogP contribution in [0.15, 0.2) is 24.5 Å².